The highest BCUT2D eigenvalue weighted by Crippen LogP contribution is 2.40. The molecule has 1 aliphatic heterocycles. The smallest absolute Gasteiger partial charge is 0.374 e. The van der Waals surface area contributed by atoms with Crippen LogP contribution in [0.5, 0.6) is 0 Å². The van der Waals surface area contributed by atoms with E-state index in [2.05, 4.69) is 0 Å². The van der Waals surface area contributed by atoms with Gasteiger partial charge in [-0.2, -0.15) is 13.2 Å². The van der Waals surface area contributed by atoms with Crippen LogP contribution in [-0.2, 0) is 59.9 Å². The van der Waals surface area contributed by atoms with Gasteiger partial charge in [0.25, 0.3) is 9.84 Å². The first kappa shape index (κ1) is 37.4. The molecule has 0 aliphatic carbocycles. The van der Waals surface area contributed by atoms with E-state index in [1.165, 1.54) is 12.1 Å². The standard InChI is InChI=1S/C41H39F3O7S/c42-41(43,44)52(45,46)35-23-13-22-34(24-35)37-39(49-27-32-18-9-3-10-19-32)40(50-28-33-20-11-4-12-21-33)38(48-26-31-16-7-2-8-17-31)36(51-37)29-47-25-30-14-5-1-6-15-30/h1-24,36-40H,25-29H2/t36-,37+,38-,39+,40+/m1/s1. The molecule has 52 heavy (non-hydrogen) atoms. The maximum atomic E-state index is 13.7. The van der Waals surface area contributed by atoms with Crippen molar-refractivity contribution < 1.29 is 45.3 Å². The lowest BCUT2D eigenvalue weighted by atomic mass is 9.90. The van der Waals surface area contributed by atoms with Crippen LogP contribution < -0.4 is 0 Å². The predicted octanol–water partition coefficient (Wildman–Crippen LogP) is 8.39. The first-order chi connectivity index (χ1) is 25.2. The van der Waals surface area contributed by atoms with E-state index in [0.29, 0.717) is 0 Å². The minimum Gasteiger partial charge on any atom is -0.374 e. The van der Waals surface area contributed by atoms with Gasteiger partial charge in [0.2, 0.25) is 0 Å². The third kappa shape index (κ3) is 9.54. The van der Waals surface area contributed by atoms with Crippen LogP contribution in [0.4, 0.5) is 13.2 Å². The number of hydrogen-bond acceptors (Lipinski definition) is 7. The first-order valence-electron chi connectivity index (χ1n) is 16.8. The fourth-order valence-electron chi connectivity index (χ4n) is 6.05. The predicted molar refractivity (Wildman–Crippen MR) is 188 cm³/mol. The zero-order valence-electron chi connectivity index (χ0n) is 28.2. The summed E-state index contributed by atoms with van der Waals surface area (Å²) in [5.41, 5.74) is -1.76. The molecule has 0 radical (unpaired) electrons. The van der Waals surface area contributed by atoms with Gasteiger partial charge in [-0.3, -0.25) is 0 Å². The Kier molecular flexibility index (Phi) is 12.5. The van der Waals surface area contributed by atoms with E-state index in [1.54, 1.807) is 0 Å². The van der Waals surface area contributed by atoms with Gasteiger partial charge in [-0.15, -0.1) is 0 Å². The summed E-state index contributed by atoms with van der Waals surface area (Å²) in [4.78, 5) is -0.899. The van der Waals surface area contributed by atoms with Crippen LogP contribution in [0.1, 0.15) is 33.9 Å². The zero-order chi connectivity index (χ0) is 36.4. The van der Waals surface area contributed by atoms with Crippen molar-refractivity contribution in [2.24, 2.45) is 0 Å². The number of benzene rings is 5. The third-order valence-electron chi connectivity index (χ3n) is 8.68. The molecule has 0 unspecified atom stereocenters. The fraction of sp³-hybridized carbons (Fsp3) is 0.268. The minimum atomic E-state index is -5.66. The number of alkyl halides is 3. The molecule has 5 aromatic rings. The summed E-state index contributed by atoms with van der Waals surface area (Å²) in [5.74, 6) is 0. The quantitative estimate of drug-likeness (QED) is 0.107. The van der Waals surface area contributed by atoms with Gasteiger partial charge in [-0.25, -0.2) is 8.42 Å². The second kappa shape index (κ2) is 17.4. The number of halogens is 3. The van der Waals surface area contributed by atoms with Crippen LogP contribution in [0, 0.1) is 0 Å². The summed E-state index contributed by atoms with van der Waals surface area (Å²) in [5, 5.41) is 0. The van der Waals surface area contributed by atoms with Crippen LogP contribution in [0.15, 0.2) is 150 Å². The highest BCUT2D eigenvalue weighted by molar-refractivity contribution is 7.92. The molecular formula is C41H39F3O7S. The molecule has 7 nitrogen and oxygen atoms in total. The topological polar surface area (TPSA) is 80.3 Å². The normalized spacial score (nSPS) is 20.8. The van der Waals surface area contributed by atoms with E-state index in [-0.39, 0.29) is 38.6 Å². The molecule has 0 N–H and O–H groups in total. The van der Waals surface area contributed by atoms with Gasteiger partial charge in [-0.05, 0) is 39.9 Å². The SMILES string of the molecule is O=S(=O)(c1cccc([C@@H]2O[C@H](COCc3ccccc3)[C@@H](OCc3ccccc3)[C@H](OCc3ccccc3)[C@H]2OCc2ccccc2)c1)C(F)(F)F. The van der Waals surface area contributed by atoms with E-state index < -0.39 is 50.8 Å². The highest BCUT2D eigenvalue weighted by Gasteiger charge is 2.50. The average Bonchev–Trinajstić information content (AvgIpc) is 3.17. The average molecular weight is 733 g/mol. The van der Waals surface area contributed by atoms with Gasteiger partial charge in [0, 0.05) is 0 Å². The summed E-state index contributed by atoms with van der Waals surface area (Å²) >= 11 is 0. The van der Waals surface area contributed by atoms with Crippen molar-refractivity contribution in [2.75, 3.05) is 6.61 Å². The van der Waals surface area contributed by atoms with Crippen LogP contribution in [0.3, 0.4) is 0 Å². The van der Waals surface area contributed by atoms with E-state index in [1.807, 2.05) is 121 Å². The van der Waals surface area contributed by atoms with E-state index >= 15 is 0 Å². The molecule has 5 aromatic carbocycles. The van der Waals surface area contributed by atoms with Gasteiger partial charge >= 0.3 is 5.51 Å². The first-order valence-corrected chi connectivity index (χ1v) is 18.3. The summed E-state index contributed by atoms with van der Waals surface area (Å²) in [7, 11) is -5.66. The Morgan fingerprint density at radius 3 is 1.46 bits per heavy atom. The van der Waals surface area contributed by atoms with Crippen LogP contribution in [0.2, 0.25) is 0 Å². The van der Waals surface area contributed by atoms with Gasteiger partial charge in [0.1, 0.15) is 30.5 Å². The molecule has 0 saturated carbocycles. The monoisotopic (exact) mass is 732 g/mol. The molecule has 1 aliphatic rings. The molecular weight excluding hydrogens is 694 g/mol. The second-order valence-electron chi connectivity index (χ2n) is 12.4. The van der Waals surface area contributed by atoms with E-state index in [4.69, 9.17) is 23.7 Å². The molecule has 0 spiro atoms. The molecule has 272 valence electrons. The molecule has 0 amide bonds. The van der Waals surface area contributed by atoms with Gasteiger partial charge < -0.3 is 23.7 Å². The van der Waals surface area contributed by atoms with Crippen molar-refractivity contribution in [1.29, 1.82) is 0 Å². The minimum absolute atomic E-state index is 0.0298. The highest BCUT2D eigenvalue weighted by atomic mass is 32.2. The number of sulfone groups is 1. The fourth-order valence-corrected chi connectivity index (χ4v) is 6.87. The lowest BCUT2D eigenvalue weighted by Gasteiger charge is -2.46. The number of hydrogen-bond donors (Lipinski definition) is 0. The second-order valence-corrected chi connectivity index (χ2v) is 14.3. The Hall–Kier alpha value is -4.36. The Bertz CT molecular complexity index is 1930. The van der Waals surface area contributed by atoms with Crippen molar-refractivity contribution in [2.45, 2.75) is 67.4 Å². The van der Waals surface area contributed by atoms with Crippen molar-refractivity contribution in [3.8, 4) is 0 Å². The maximum Gasteiger partial charge on any atom is 0.501 e. The molecule has 0 aromatic heterocycles. The van der Waals surface area contributed by atoms with E-state index in [0.717, 1.165) is 34.4 Å². The maximum absolute atomic E-state index is 13.7. The summed E-state index contributed by atoms with van der Waals surface area (Å²) in [6.07, 6.45) is -4.47. The summed E-state index contributed by atoms with van der Waals surface area (Å²) in [6, 6.07) is 42.8. The van der Waals surface area contributed by atoms with Crippen molar-refractivity contribution in [3.05, 3.63) is 173 Å². The van der Waals surface area contributed by atoms with Crippen LogP contribution in [-0.4, -0.2) is 44.9 Å². The largest absolute Gasteiger partial charge is 0.501 e. The molecule has 5 atom stereocenters. The molecule has 1 fully saturated rings. The Balaban J connectivity index is 1.40. The van der Waals surface area contributed by atoms with Gasteiger partial charge in [-0.1, -0.05) is 133 Å². The van der Waals surface area contributed by atoms with Gasteiger partial charge in [0.05, 0.1) is 37.9 Å². The van der Waals surface area contributed by atoms with Crippen LogP contribution in [0.25, 0.3) is 0 Å². The van der Waals surface area contributed by atoms with Crippen molar-refractivity contribution >= 4 is 9.84 Å². The Morgan fingerprint density at radius 2 is 0.981 bits per heavy atom. The summed E-state index contributed by atoms with van der Waals surface area (Å²) < 4.78 is 99.1. The van der Waals surface area contributed by atoms with Crippen molar-refractivity contribution in [1.82, 2.24) is 0 Å². The molecule has 0 bridgehead atoms. The van der Waals surface area contributed by atoms with E-state index in [9.17, 15) is 21.6 Å². The molecule has 1 saturated heterocycles. The zero-order valence-corrected chi connectivity index (χ0v) is 29.0. The Morgan fingerprint density at radius 1 is 0.538 bits per heavy atom. The molecule has 1 heterocycles. The summed E-state index contributed by atoms with van der Waals surface area (Å²) in [6.45, 7) is 0.762. The molecule has 6 rings (SSSR count). The third-order valence-corrected chi connectivity index (χ3v) is 10.2. The lowest BCUT2D eigenvalue weighted by Crippen LogP contribution is -2.58. The number of ether oxygens (including phenoxy) is 5. The lowest BCUT2D eigenvalue weighted by molar-refractivity contribution is -0.275. The number of rotatable bonds is 15. The van der Waals surface area contributed by atoms with Crippen LogP contribution >= 0.6 is 0 Å². The van der Waals surface area contributed by atoms with Crippen molar-refractivity contribution in [3.63, 3.8) is 0 Å². The van der Waals surface area contributed by atoms with Gasteiger partial charge in [0.15, 0.2) is 0 Å². The Labute approximate surface area is 301 Å². The molecule has 11 heteroatoms.